The zero-order valence-corrected chi connectivity index (χ0v) is 8.82. The van der Waals surface area contributed by atoms with Crippen LogP contribution in [0.4, 0.5) is 11.6 Å². The fourth-order valence-corrected chi connectivity index (χ4v) is 1.46. The molecular formula is C11H12N4O. The third-order valence-corrected chi connectivity index (χ3v) is 2.09. The minimum atomic E-state index is -0.231. The Morgan fingerprint density at radius 3 is 2.88 bits per heavy atom. The average molecular weight is 216 g/mol. The Kier molecular flexibility index (Phi) is 2.59. The van der Waals surface area contributed by atoms with E-state index in [9.17, 15) is 4.79 Å². The van der Waals surface area contributed by atoms with E-state index in [0.29, 0.717) is 17.2 Å². The summed E-state index contributed by atoms with van der Waals surface area (Å²) in [6.07, 6.45) is 3.21. The van der Waals surface area contributed by atoms with Crippen molar-refractivity contribution in [1.29, 1.82) is 0 Å². The van der Waals surface area contributed by atoms with Crippen LogP contribution in [-0.4, -0.2) is 15.9 Å². The lowest BCUT2D eigenvalue weighted by Crippen LogP contribution is -2.13. The Balaban J connectivity index is 2.21. The van der Waals surface area contributed by atoms with Gasteiger partial charge in [-0.05, 0) is 30.7 Å². The van der Waals surface area contributed by atoms with Crippen molar-refractivity contribution in [1.82, 2.24) is 9.97 Å². The quantitative estimate of drug-likeness (QED) is 0.666. The van der Waals surface area contributed by atoms with Gasteiger partial charge in [-0.15, -0.1) is 0 Å². The molecule has 1 aromatic carbocycles. The number of aryl methyl sites for hydroxylation is 1. The smallest absolute Gasteiger partial charge is 0.258 e. The predicted octanol–water partition coefficient (Wildman–Crippen LogP) is 1.55. The van der Waals surface area contributed by atoms with Gasteiger partial charge in [-0.1, -0.05) is 0 Å². The van der Waals surface area contributed by atoms with Crippen LogP contribution < -0.4 is 11.1 Å². The van der Waals surface area contributed by atoms with E-state index in [-0.39, 0.29) is 5.91 Å². The lowest BCUT2D eigenvalue weighted by molar-refractivity contribution is 0.102. The number of aromatic nitrogens is 2. The van der Waals surface area contributed by atoms with Gasteiger partial charge >= 0.3 is 0 Å². The Bertz CT molecular complexity index is 484. The second-order valence-corrected chi connectivity index (χ2v) is 3.52. The topological polar surface area (TPSA) is 83.8 Å². The van der Waals surface area contributed by atoms with Crippen LogP contribution >= 0.6 is 0 Å². The van der Waals surface area contributed by atoms with Crippen molar-refractivity contribution in [3.63, 3.8) is 0 Å². The van der Waals surface area contributed by atoms with Gasteiger partial charge in [0.25, 0.3) is 5.91 Å². The van der Waals surface area contributed by atoms with Crippen LogP contribution in [0.5, 0.6) is 0 Å². The minimum absolute atomic E-state index is 0.231. The highest BCUT2D eigenvalue weighted by molar-refractivity contribution is 6.04. The normalized spacial score (nSPS) is 10.1. The van der Waals surface area contributed by atoms with E-state index in [0.717, 1.165) is 5.56 Å². The molecule has 0 unspecified atom stereocenters. The van der Waals surface area contributed by atoms with Crippen molar-refractivity contribution in [2.45, 2.75) is 6.92 Å². The molecule has 2 rings (SSSR count). The molecule has 5 nitrogen and oxygen atoms in total. The summed E-state index contributed by atoms with van der Waals surface area (Å²) in [5.41, 5.74) is 7.71. The van der Waals surface area contributed by atoms with E-state index in [1.54, 1.807) is 24.5 Å². The van der Waals surface area contributed by atoms with Gasteiger partial charge in [0.1, 0.15) is 0 Å². The molecule has 4 N–H and O–H groups in total. The molecule has 5 heteroatoms. The van der Waals surface area contributed by atoms with Crippen molar-refractivity contribution >= 4 is 17.5 Å². The summed E-state index contributed by atoms with van der Waals surface area (Å²) in [7, 11) is 0. The molecule has 0 aliphatic carbocycles. The van der Waals surface area contributed by atoms with Crippen molar-refractivity contribution in [2.75, 3.05) is 11.1 Å². The fourth-order valence-electron chi connectivity index (χ4n) is 1.46. The molecule has 2 aromatic rings. The highest BCUT2D eigenvalue weighted by Gasteiger charge is 2.08. The first kappa shape index (κ1) is 10.2. The van der Waals surface area contributed by atoms with Crippen LogP contribution in [0.1, 0.15) is 15.9 Å². The third-order valence-electron chi connectivity index (χ3n) is 2.09. The molecule has 0 radical (unpaired) electrons. The number of anilines is 2. The van der Waals surface area contributed by atoms with Gasteiger partial charge in [-0.3, -0.25) is 10.1 Å². The Hall–Kier alpha value is -2.30. The number of hydrogen-bond acceptors (Lipinski definition) is 3. The first-order valence-electron chi connectivity index (χ1n) is 4.83. The lowest BCUT2D eigenvalue weighted by Gasteiger charge is -2.04. The highest BCUT2D eigenvalue weighted by atomic mass is 16.1. The van der Waals surface area contributed by atoms with Gasteiger partial charge < -0.3 is 10.7 Å². The molecule has 0 atom stereocenters. The Labute approximate surface area is 92.7 Å². The van der Waals surface area contributed by atoms with Crippen molar-refractivity contribution in [3.05, 3.63) is 41.7 Å². The van der Waals surface area contributed by atoms with Crippen molar-refractivity contribution in [2.24, 2.45) is 0 Å². The van der Waals surface area contributed by atoms with E-state index in [1.165, 1.54) is 0 Å². The maximum atomic E-state index is 11.8. The summed E-state index contributed by atoms with van der Waals surface area (Å²) in [5.74, 6) is 0.190. The number of benzene rings is 1. The van der Waals surface area contributed by atoms with Crippen LogP contribution in [0.15, 0.2) is 30.6 Å². The number of hydrogen-bond donors (Lipinski definition) is 3. The standard InChI is InChI=1S/C11H12N4O/c1-7-4-8(6-9(12)5-7)10(16)15-11-13-2-3-14-11/h2-6H,12H2,1H3,(H2,13,14,15,16). The largest absolute Gasteiger partial charge is 0.399 e. The summed E-state index contributed by atoms with van der Waals surface area (Å²) in [6.45, 7) is 1.89. The Morgan fingerprint density at radius 2 is 2.25 bits per heavy atom. The molecular weight excluding hydrogens is 204 g/mol. The fraction of sp³-hybridized carbons (Fsp3) is 0.0909. The number of amides is 1. The van der Waals surface area contributed by atoms with Crippen LogP contribution in [0, 0.1) is 6.92 Å². The van der Waals surface area contributed by atoms with E-state index >= 15 is 0 Å². The summed E-state index contributed by atoms with van der Waals surface area (Å²) >= 11 is 0. The van der Waals surface area contributed by atoms with Gasteiger partial charge in [0.05, 0.1) is 0 Å². The van der Waals surface area contributed by atoms with Crippen LogP contribution in [0.25, 0.3) is 0 Å². The zero-order valence-electron chi connectivity index (χ0n) is 8.82. The maximum Gasteiger partial charge on any atom is 0.258 e. The molecule has 0 aliphatic heterocycles. The first-order chi connectivity index (χ1) is 7.65. The van der Waals surface area contributed by atoms with Gasteiger partial charge in [0.2, 0.25) is 5.95 Å². The molecule has 0 fully saturated rings. The number of nitrogens with one attached hydrogen (secondary N) is 2. The lowest BCUT2D eigenvalue weighted by atomic mass is 10.1. The zero-order chi connectivity index (χ0) is 11.5. The third kappa shape index (κ3) is 2.20. The van der Waals surface area contributed by atoms with Gasteiger partial charge in [0, 0.05) is 23.6 Å². The number of imidazole rings is 1. The molecule has 1 heterocycles. The molecule has 1 amide bonds. The molecule has 0 aliphatic rings. The number of carbonyl (C=O) groups excluding carboxylic acids is 1. The molecule has 1 aromatic heterocycles. The van der Waals surface area contributed by atoms with E-state index in [4.69, 9.17) is 5.73 Å². The van der Waals surface area contributed by atoms with E-state index in [2.05, 4.69) is 15.3 Å². The maximum absolute atomic E-state index is 11.8. The van der Waals surface area contributed by atoms with Crippen LogP contribution in [-0.2, 0) is 0 Å². The highest BCUT2D eigenvalue weighted by Crippen LogP contribution is 2.12. The molecule has 0 saturated heterocycles. The monoisotopic (exact) mass is 216 g/mol. The first-order valence-corrected chi connectivity index (χ1v) is 4.83. The van der Waals surface area contributed by atoms with Crippen LogP contribution in [0.2, 0.25) is 0 Å². The van der Waals surface area contributed by atoms with Gasteiger partial charge in [-0.25, -0.2) is 4.98 Å². The number of aromatic amines is 1. The minimum Gasteiger partial charge on any atom is -0.399 e. The molecule has 82 valence electrons. The second kappa shape index (κ2) is 4.06. The van der Waals surface area contributed by atoms with Crippen LogP contribution in [0.3, 0.4) is 0 Å². The summed E-state index contributed by atoms with van der Waals surface area (Å²) in [4.78, 5) is 18.5. The number of nitrogens with zero attached hydrogens (tertiary/aromatic N) is 1. The number of carbonyl (C=O) groups is 1. The summed E-state index contributed by atoms with van der Waals surface area (Å²) < 4.78 is 0. The SMILES string of the molecule is Cc1cc(N)cc(C(=O)Nc2ncc[nH]2)c1. The molecule has 16 heavy (non-hydrogen) atoms. The molecule has 0 spiro atoms. The summed E-state index contributed by atoms with van der Waals surface area (Å²) in [5, 5.41) is 2.63. The number of nitrogens with two attached hydrogens (primary N) is 1. The van der Waals surface area contributed by atoms with Gasteiger partial charge in [-0.2, -0.15) is 0 Å². The second-order valence-electron chi connectivity index (χ2n) is 3.52. The predicted molar refractivity (Wildman–Crippen MR) is 62.1 cm³/mol. The molecule has 0 bridgehead atoms. The number of nitrogen functional groups attached to an aromatic ring is 1. The van der Waals surface area contributed by atoms with E-state index in [1.807, 2.05) is 13.0 Å². The van der Waals surface area contributed by atoms with Crippen molar-refractivity contribution < 1.29 is 4.79 Å². The number of rotatable bonds is 2. The number of H-pyrrole nitrogens is 1. The summed E-state index contributed by atoms with van der Waals surface area (Å²) in [6, 6.07) is 5.21. The Morgan fingerprint density at radius 1 is 1.44 bits per heavy atom. The molecule has 0 saturated carbocycles. The van der Waals surface area contributed by atoms with E-state index < -0.39 is 0 Å². The average Bonchev–Trinajstić information content (AvgIpc) is 2.68. The van der Waals surface area contributed by atoms with Crippen molar-refractivity contribution in [3.8, 4) is 0 Å². The van der Waals surface area contributed by atoms with Gasteiger partial charge in [0.15, 0.2) is 0 Å².